The van der Waals surface area contributed by atoms with Crippen molar-refractivity contribution < 1.29 is 4.79 Å². The van der Waals surface area contributed by atoms with Gasteiger partial charge in [0.1, 0.15) is 6.17 Å². The Bertz CT molecular complexity index is 458. The number of hydrogen-bond acceptors (Lipinski definition) is 2. The topological polar surface area (TPSA) is 32.3 Å². The van der Waals surface area contributed by atoms with Crippen LogP contribution in [0.4, 0.5) is 0 Å². The first kappa shape index (κ1) is 13.1. The molecule has 1 N–H and O–H groups in total. The fraction of sp³-hybridized carbons (Fsp3) is 0.533. The van der Waals surface area contributed by atoms with Crippen molar-refractivity contribution in [3.8, 4) is 0 Å². The number of benzene rings is 1. The van der Waals surface area contributed by atoms with Gasteiger partial charge < -0.3 is 4.90 Å². The molecule has 0 saturated carbocycles. The molecule has 98 valence electrons. The molecule has 1 fully saturated rings. The molecule has 2 atom stereocenters. The van der Waals surface area contributed by atoms with E-state index in [0.717, 1.165) is 13.0 Å². The maximum atomic E-state index is 12.4. The lowest BCUT2D eigenvalue weighted by Gasteiger charge is -2.23. The number of hydrogen-bond donors (Lipinski definition) is 1. The Balaban J connectivity index is 2.36. The van der Waals surface area contributed by atoms with Crippen molar-refractivity contribution in [3.63, 3.8) is 0 Å². The van der Waals surface area contributed by atoms with Gasteiger partial charge in [0.25, 0.3) is 0 Å². The highest BCUT2D eigenvalue weighted by atomic mass is 16.2. The van der Waals surface area contributed by atoms with Crippen LogP contribution in [0.2, 0.25) is 0 Å². The van der Waals surface area contributed by atoms with E-state index in [1.807, 2.05) is 24.8 Å². The number of nitrogens with one attached hydrogen (secondary N) is 1. The summed E-state index contributed by atoms with van der Waals surface area (Å²) < 4.78 is 0. The van der Waals surface area contributed by atoms with Crippen LogP contribution in [0, 0.1) is 6.92 Å². The molecule has 18 heavy (non-hydrogen) atoms. The monoisotopic (exact) mass is 246 g/mol. The molecule has 0 aliphatic carbocycles. The van der Waals surface area contributed by atoms with Gasteiger partial charge >= 0.3 is 0 Å². The van der Waals surface area contributed by atoms with Crippen LogP contribution in [0.5, 0.6) is 0 Å². The summed E-state index contributed by atoms with van der Waals surface area (Å²) in [6.45, 7) is 8.89. The van der Waals surface area contributed by atoms with Crippen LogP contribution in [-0.4, -0.2) is 22.9 Å². The van der Waals surface area contributed by atoms with E-state index in [1.165, 1.54) is 11.1 Å². The molecular weight excluding hydrogens is 224 g/mol. The van der Waals surface area contributed by atoms with E-state index in [2.05, 4.69) is 37.4 Å². The summed E-state index contributed by atoms with van der Waals surface area (Å²) in [5.41, 5.74) is 1.97. The van der Waals surface area contributed by atoms with Crippen molar-refractivity contribution in [1.82, 2.24) is 10.2 Å². The quantitative estimate of drug-likeness (QED) is 0.889. The minimum absolute atomic E-state index is 0.00681. The van der Waals surface area contributed by atoms with Crippen molar-refractivity contribution >= 4 is 5.91 Å². The summed E-state index contributed by atoms with van der Waals surface area (Å²) in [7, 11) is 0. The lowest BCUT2D eigenvalue weighted by atomic mass is 9.99. The number of carbonyl (C=O) groups is 1. The van der Waals surface area contributed by atoms with Gasteiger partial charge in [0.05, 0.1) is 5.54 Å². The molecule has 1 heterocycles. The number of nitrogens with zero attached hydrogens (tertiary/aromatic N) is 1. The van der Waals surface area contributed by atoms with Crippen LogP contribution in [0.1, 0.15) is 44.5 Å². The fourth-order valence-electron chi connectivity index (χ4n) is 2.56. The zero-order valence-corrected chi connectivity index (χ0v) is 11.7. The molecular formula is C15H22N2O. The summed E-state index contributed by atoms with van der Waals surface area (Å²) in [5, 5.41) is 3.49. The van der Waals surface area contributed by atoms with E-state index in [4.69, 9.17) is 0 Å². The van der Waals surface area contributed by atoms with Crippen LogP contribution < -0.4 is 5.32 Å². The summed E-state index contributed by atoms with van der Waals surface area (Å²) >= 11 is 0. The Kier molecular flexibility index (Phi) is 3.44. The predicted molar refractivity (Wildman–Crippen MR) is 73.1 cm³/mol. The predicted octanol–water partition coefficient (Wildman–Crippen LogP) is 2.61. The highest BCUT2D eigenvalue weighted by molar-refractivity contribution is 5.88. The van der Waals surface area contributed by atoms with Gasteiger partial charge in [-0.1, -0.05) is 36.8 Å². The van der Waals surface area contributed by atoms with Crippen LogP contribution in [-0.2, 0) is 4.79 Å². The van der Waals surface area contributed by atoms with E-state index >= 15 is 0 Å². The first-order valence-corrected chi connectivity index (χ1v) is 6.67. The van der Waals surface area contributed by atoms with Gasteiger partial charge in [-0.05, 0) is 32.8 Å². The average Bonchev–Trinajstić information content (AvgIpc) is 2.63. The average molecular weight is 246 g/mol. The van der Waals surface area contributed by atoms with Gasteiger partial charge in [0.2, 0.25) is 5.91 Å². The Labute approximate surface area is 109 Å². The van der Waals surface area contributed by atoms with Gasteiger partial charge in [-0.2, -0.15) is 0 Å². The Hall–Kier alpha value is -1.35. The SMILES string of the molecule is CCN1C(=O)C(C)(CC)NC1c1cccc(C)c1. The molecule has 0 bridgehead atoms. The summed E-state index contributed by atoms with van der Waals surface area (Å²) in [6, 6.07) is 8.36. The van der Waals surface area contributed by atoms with Gasteiger partial charge in [-0.25, -0.2) is 0 Å². The lowest BCUT2D eigenvalue weighted by molar-refractivity contribution is -0.132. The van der Waals surface area contributed by atoms with Gasteiger partial charge in [0, 0.05) is 6.54 Å². The molecule has 0 aromatic heterocycles. The Morgan fingerprint density at radius 1 is 1.39 bits per heavy atom. The van der Waals surface area contributed by atoms with Crippen LogP contribution in [0.15, 0.2) is 24.3 Å². The van der Waals surface area contributed by atoms with Crippen molar-refractivity contribution in [2.24, 2.45) is 0 Å². The maximum absolute atomic E-state index is 12.4. The van der Waals surface area contributed by atoms with Crippen LogP contribution in [0.3, 0.4) is 0 Å². The summed E-state index contributed by atoms with van der Waals surface area (Å²) in [4.78, 5) is 14.4. The smallest absolute Gasteiger partial charge is 0.244 e. The third-order valence-corrected chi connectivity index (χ3v) is 3.91. The van der Waals surface area contributed by atoms with Crippen molar-refractivity contribution in [3.05, 3.63) is 35.4 Å². The number of carbonyl (C=O) groups excluding carboxylic acids is 1. The molecule has 1 aromatic carbocycles. The molecule has 1 aromatic rings. The minimum atomic E-state index is -0.426. The molecule has 0 spiro atoms. The maximum Gasteiger partial charge on any atom is 0.244 e. The van der Waals surface area contributed by atoms with Gasteiger partial charge in [-0.3, -0.25) is 10.1 Å². The summed E-state index contributed by atoms with van der Waals surface area (Å²) in [6.07, 6.45) is 0.817. The fourth-order valence-corrected chi connectivity index (χ4v) is 2.56. The third kappa shape index (κ3) is 2.03. The van der Waals surface area contributed by atoms with E-state index in [1.54, 1.807) is 0 Å². The van der Waals surface area contributed by atoms with E-state index < -0.39 is 5.54 Å². The molecule has 1 amide bonds. The third-order valence-electron chi connectivity index (χ3n) is 3.91. The first-order chi connectivity index (χ1) is 8.51. The second-order valence-corrected chi connectivity index (χ2v) is 5.24. The largest absolute Gasteiger partial charge is 0.322 e. The minimum Gasteiger partial charge on any atom is -0.322 e. The second-order valence-electron chi connectivity index (χ2n) is 5.24. The molecule has 2 rings (SSSR count). The molecule has 1 saturated heterocycles. The lowest BCUT2D eigenvalue weighted by Crippen LogP contribution is -2.42. The number of likely N-dealkylation sites (N-methyl/N-ethyl adjacent to an activating group) is 1. The molecule has 3 nitrogen and oxygen atoms in total. The number of aryl methyl sites for hydroxylation is 1. The molecule has 1 aliphatic rings. The Morgan fingerprint density at radius 2 is 2.11 bits per heavy atom. The van der Waals surface area contributed by atoms with Crippen LogP contribution in [0.25, 0.3) is 0 Å². The zero-order chi connectivity index (χ0) is 13.3. The van der Waals surface area contributed by atoms with Crippen molar-refractivity contribution in [2.45, 2.75) is 45.8 Å². The number of amides is 1. The first-order valence-electron chi connectivity index (χ1n) is 6.67. The van der Waals surface area contributed by atoms with Gasteiger partial charge in [-0.15, -0.1) is 0 Å². The van der Waals surface area contributed by atoms with Crippen molar-refractivity contribution in [1.29, 1.82) is 0 Å². The molecule has 0 radical (unpaired) electrons. The molecule has 1 aliphatic heterocycles. The number of rotatable bonds is 3. The molecule has 3 heteroatoms. The highest BCUT2D eigenvalue weighted by Gasteiger charge is 2.46. The van der Waals surface area contributed by atoms with Crippen LogP contribution >= 0.6 is 0 Å². The van der Waals surface area contributed by atoms with Gasteiger partial charge in [0.15, 0.2) is 0 Å². The van der Waals surface area contributed by atoms with E-state index in [0.29, 0.717) is 0 Å². The highest BCUT2D eigenvalue weighted by Crippen LogP contribution is 2.32. The zero-order valence-electron chi connectivity index (χ0n) is 11.7. The standard InChI is InChI=1S/C15H22N2O/c1-5-15(4)14(18)17(6-2)13(16-15)12-9-7-8-11(3)10-12/h7-10,13,16H,5-6H2,1-4H3. The normalized spacial score (nSPS) is 27.9. The summed E-state index contributed by atoms with van der Waals surface area (Å²) in [5.74, 6) is 0.207. The van der Waals surface area contributed by atoms with Crippen molar-refractivity contribution in [2.75, 3.05) is 6.54 Å². The Morgan fingerprint density at radius 3 is 2.67 bits per heavy atom. The molecule has 2 unspecified atom stereocenters. The van der Waals surface area contributed by atoms with E-state index in [-0.39, 0.29) is 12.1 Å². The van der Waals surface area contributed by atoms with E-state index in [9.17, 15) is 4.79 Å². The second kappa shape index (κ2) is 4.73.